The number of amidine groups is 1. The first-order valence-corrected chi connectivity index (χ1v) is 13.2. The number of aliphatic imine (C=N–C) groups is 1. The van der Waals surface area contributed by atoms with E-state index < -0.39 is 22.9 Å². The number of rotatable bonds is 6. The lowest BCUT2D eigenvalue weighted by molar-refractivity contribution is -0.121. The van der Waals surface area contributed by atoms with Crippen molar-refractivity contribution >= 4 is 51.7 Å². The number of methoxy groups -OCH3 is 1. The fourth-order valence-electron chi connectivity index (χ4n) is 4.24. The average molecular weight is 551 g/mol. The van der Waals surface area contributed by atoms with Gasteiger partial charge in [-0.05, 0) is 72.1 Å². The van der Waals surface area contributed by atoms with E-state index in [2.05, 4.69) is 10.3 Å². The van der Waals surface area contributed by atoms with Gasteiger partial charge in [0.2, 0.25) is 5.91 Å². The third-order valence-electron chi connectivity index (χ3n) is 6.34. The van der Waals surface area contributed by atoms with Gasteiger partial charge in [0.05, 0.1) is 18.9 Å². The van der Waals surface area contributed by atoms with Crippen molar-refractivity contribution in [1.82, 2.24) is 5.01 Å². The molecule has 2 heterocycles. The molecule has 2 aliphatic rings. The zero-order valence-corrected chi connectivity index (χ0v) is 22.2. The maximum atomic E-state index is 13.9. The summed E-state index contributed by atoms with van der Waals surface area (Å²) in [6.45, 7) is 1.64. The van der Waals surface area contributed by atoms with E-state index in [1.165, 1.54) is 17.8 Å². The molecule has 3 aromatic carbocycles. The van der Waals surface area contributed by atoms with E-state index in [4.69, 9.17) is 21.4 Å². The standard InChI is InChI=1S/C28H24ClFN4O3S/c1-16-3-10-20(13-22(16)30)31-26(35)15-25-27(36)32-28(38-25)34-24(18-4-8-19(29)9-5-18)14-23(33-34)17-6-11-21(37-2)12-7-17/h3-13,24-25H,14-15H2,1-2H3,(H,31,35)/t24-,25-/m0/s1. The number of amides is 2. The Hall–Kier alpha value is -3.69. The maximum Gasteiger partial charge on any atom is 0.262 e. The van der Waals surface area contributed by atoms with Crippen molar-refractivity contribution in [1.29, 1.82) is 0 Å². The van der Waals surface area contributed by atoms with E-state index in [0.717, 1.165) is 22.6 Å². The molecule has 3 aromatic rings. The first-order valence-electron chi connectivity index (χ1n) is 11.9. The average Bonchev–Trinajstić information content (AvgIpc) is 3.51. The molecule has 0 saturated carbocycles. The van der Waals surface area contributed by atoms with Crippen molar-refractivity contribution in [3.63, 3.8) is 0 Å². The number of anilines is 1. The number of hydrogen-bond acceptors (Lipinski definition) is 6. The van der Waals surface area contributed by atoms with E-state index in [0.29, 0.717) is 27.9 Å². The number of nitrogens with zero attached hydrogens (tertiary/aromatic N) is 3. The Balaban J connectivity index is 1.34. The molecule has 7 nitrogen and oxygen atoms in total. The van der Waals surface area contributed by atoms with Gasteiger partial charge < -0.3 is 10.1 Å². The zero-order valence-electron chi connectivity index (χ0n) is 20.7. The maximum absolute atomic E-state index is 13.9. The van der Waals surface area contributed by atoms with Crippen molar-refractivity contribution < 1.29 is 18.7 Å². The van der Waals surface area contributed by atoms with Gasteiger partial charge in [0.15, 0.2) is 5.17 Å². The summed E-state index contributed by atoms with van der Waals surface area (Å²) < 4.78 is 19.1. The molecular weight excluding hydrogens is 527 g/mol. The molecule has 0 aromatic heterocycles. The Morgan fingerprint density at radius 1 is 1.16 bits per heavy atom. The van der Waals surface area contributed by atoms with Gasteiger partial charge in [0.1, 0.15) is 16.8 Å². The Morgan fingerprint density at radius 2 is 1.89 bits per heavy atom. The Labute approximate surface area is 228 Å². The smallest absolute Gasteiger partial charge is 0.262 e. The fourth-order valence-corrected chi connectivity index (χ4v) is 5.43. The van der Waals surface area contributed by atoms with Gasteiger partial charge in [-0.3, -0.25) is 9.59 Å². The number of thioether (sulfide) groups is 1. The molecule has 10 heteroatoms. The molecule has 0 radical (unpaired) electrons. The van der Waals surface area contributed by atoms with Crippen LogP contribution in [0.4, 0.5) is 10.1 Å². The summed E-state index contributed by atoms with van der Waals surface area (Å²) in [5, 5.41) is 9.60. The summed E-state index contributed by atoms with van der Waals surface area (Å²) in [5.74, 6) is -0.464. The van der Waals surface area contributed by atoms with Crippen molar-refractivity contribution in [2.75, 3.05) is 12.4 Å². The summed E-state index contributed by atoms with van der Waals surface area (Å²) in [6.07, 6.45) is 0.492. The Bertz CT molecular complexity index is 1440. The second kappa shape index (κ2) is 11.0. The van der Waals surface area contributed by atoms with Crippen LogP contribution in [0, 0.1) is 12.7 Å². The number of halogens is 2. The van der Waals surface area contributed by atoms with Crippen molar-refractivity contribution in [2.24, 2.45) is 10.1 Å². The summed E-state index contributed by atoms with van der Waals surface area (Å²) >= 11 is 7.31. The van der Waals surface area contributed by atoms with Crippen molar-refractivity contribution in [2.45, 2.75) is 31.1 Å². The van der Waals surface area contributed by atoms with Crippen LogP contribution in [0.2, 0.25) is 5.02 Å². The molecule has 0 saturated heterocycles. The van der Waals surface area contributed by atoms with Crippen LogP contribution in [0.25, 0.3) is 0 Å². The van der Waals surface area contributed by atoms with E-state index in [-0.39, 0.29) is 12.5 Å². The number of benzene rings is 3. The van der Waals surface area contributed by atoms with Crippen molar-refractivity contribution in [3.8, 4) is 5.75 Å². The van der Waals surface area contributed by atoms with Crippen LogP contribution >= 0.6 is 23.4 Å². The summed E-state index contributed by atoms with van der Waals surface area (Å²) in [5.41, 5.74) is 3.57. The van der Waals surface area contributed by atoms with Crippen LogP contribution in [-0.2, 0) is 9.59 Å². The molecule has 5 rings (SSSR count). The molecule has 2 amide bonds. The largest absolute Gasteiger partial charge is 0.497 e. The normalized spacial score (nSPS) is 18.8. The predicted octanol–water partition coefficient (Wildman–Crippen LogP) is 5.97. The number of hydrazone groups is 1. The van der Waals surface area contributed by atoms with Gasteiger partial charge in [-0.15, -0.1) is 0 Å². The first-order chi connectivity index (χ1) is 18.3. The first kappa shape index (κ1) is 25.9. The summed E-state index contributed by atoms with van der Waals surface area (Å²) in [6, 6.07) is 19.4. The van der Waals surface area contributed by atoms with Crippen molar-refractivity contribution in [3.05, 3.63) is 94.3 Å². The minimum atomic E-state index is -0.702. The number of nitrogens with one attached hydrogen (secondary N) is 1. The van der Waals surface area contributed by atoms with E-state index in [1.807, 2.05) is 48.5 Å². The van der Waals surface area contributed by atoms with Crippen LogP contribution in [-0.4, -0.2) is 40.1 Å². The minimum Gasteiger partial charge on any atom is -0.497 e. The van der Waals surface area contributed by atoms with E-state index in [9.17, 15) is 14.0 Å². The highest BCUT2D eigenvalue weighted by Crippen LogP contribution is 2.39. The van der Waals surface area contributed by atoms with Crippen LogP contribution in [0.15, 0.2) is 76.8 Å². The van der Waals surface area contributed by atoms with Gasteiger partial charge in [-0.25, -0.2) is 9.40 Å². The monoisotopic (exact) mass is 550 g/mol. The minimum absolute atomic E-state index is 0.0967. The second-order valence-corrected chi connectivity index (χ2v) is 10.6. The molecule has 194 valence electrons. The van der Waals surface area contributed by atoms with Crippen LogP contribution in [0.5, 0.6) is 5.75 Å². The van der Waals surface area contributed by atoms with E-state index >= 15 is 0 Å². The lowest BCUT2D eigenvalue weighted by Crippen LogP contribution is -2.25. The lowest BCUT2D eigenvalue weighted by atomic mass is 9.98. The molecule has 2 atom stereocenters. The number of hydrogen-bond donors (Lipinski definition) is 1. The number of carbonyl (C=O) groups excluding carboxylic acids is 2. The molecule has 0 bridgehead atoms. The lowest BCUT2D eigenvalue weighted by Gasteiger charge is -2.23. The molecule has 1 N–H and O–H groups in total. The van der Waals surface area contributed by atoms with Gasteiger partial charge in [-0.1, -0.05) is 41.6 Å². The van der Waals surface area contributed by atoms with E-state index in [1.54, 1.807) is 31.2 Å². The Kier molecular flexibility index (Phi) is 7.49. The molecule has 0 aliphatic carbocycles. The highest BCUT2D eigenvalue weighted by molar-refractivity contribution is 8.15. The number of aryl methyl sites for hydroxylation is 1. The number of carbonyl (C=O) groups is 2. The van der Waals surface area contributed by atoms with Gasteiger partial charge in [0.25, 0.3) is 5.91 Å². The van der Waals surface area contributed by atoms with Gasteiger partial charge in [0, 0.05) is 23.6 Å². The third kappa shape index (κ3) is 5.58. The topological polar surface area (TPSA) is 83.4 Å². The number of ether oxygens (including phenoxy) is 1. The third-order valence-corrected chi connectivity index (χ3v) is 7.73. The highest BCUT2D eigenvalue weighted by atomic mass is 35.5. The SMILES string of the molecule is COc1ccc(C2=NN(C3=NC(=O)[C@H](CC(=O)Nc4ccc(C)c(F)c4)S3)[C@H](c3ccc(Cl)cc3)C2)cc1. The van der Waals surface area contributed by atoms with Crippen LogP contribution in [0.3, 0.4) is 0 Å². The molecule has 0 unspecified atom stereocenters. The highest BCUT2D eigenvalue weighted by Gasteiger charge is 2.39. The summed E-state index contributed by atoms with van der Waals surface area (Å²) in [7, 11) is 1.61. The molecule has 0 spiro atoms. The predicted molar refractivity (Wildman–Crippen MR) is 148 cm³/mol. The fraction of sp³-hybridized carbons (Fsp3) is 0.214. The van der Waals surface area contributed by atoms with Gasteiger partial charge in [-0.2, -0.15) is 10.1 Å². The molecule has 38 heavy (non-hydrogen) atoms. The summed E-state index contributed by atoms with van der Waals surface area (Å²) in [4.78, 5) is 29.7. The molecular formula is C28H24ClFN4O3S. The quantitative estimate of drug-likeness (QED) is 0.408. The zero-order chi connectivity index (χ0) is 26.8. The van der Waals surface area contributed by atoms with Crippen LogP contribution < -0.4 is 10.1 Å². The van der Waals surface area contributed by atoms with Crippen LogP contribution in [0.1, 0.15) is 35.6 Å². The molecule has 0 fully saturated rings. The molecule has 2 aliphatic heterocycles. The van der Waals surface area contributed by atoms with Gasteiger partial charge >= 0.3 is 0 Å². The Morgan fingerprint density at radius 3 is 2.58 bits per heavy atom. The second-order valence-electron chi connectivity index (χ2n) is 8.95.